The lowest BCUT2D eigenvalue weighted by molar-refractivity contribution is 0.354. The molecule has 1 unspecified atom stereocenters. The molecule has 1 aromatic heterocycles. The highest BCUT2D eigenvalue weighted by Gasteiger charge is 2.22. The Labute approximate surface area is 152 Å². The van der Waals surface area contributed by atoms with Gasteiger partial charge in [0.05, 0.1) is 18.0 Å². The molecule has 26 heavy (non-hydrogen) atoms. The Morgan fingerprint density at radius 1 is 1.15 bits per heavy atom. The van der Waals surface area contributed by atoms with Gasteiger partial charge in [0.25, 0.3) is 0 Å². The zero-order valence-electron chi connectivity index (χ0n) is 14.6. The number of hydrogen-bond acceptors (Lipinski definition) is 6. The van der Waals surface area contributed by atoms with E-state index in [-0.39, 0.29) is 10.8 Å². The van der Waals surface area contributed by atoms with Crippen LogP contribution >= 0.6 is 0 Å². The van der Waals surface area contributed by atoms with E-state index in [1.165, 1.54) is 19.2 Å². The molecule has 1 heterocycles. The van der Waals surface area contributed by atoms with E-state index in [0.29, 0.717) is 11.6 Å². The molecule has 1 N–H and O–H groups in total. The van der Waals surface area contributed by atoms with Gasteiger partial charge in [0.15, 0.2) is 0 Å². The van der Waals surface area contributed by atoms with Gasteiger partial charge in [-0.15, -0.1) is 0 Å². The van der Waals surface area contributed by atoms with E-state index >= 15 is 0 Å². The van der Waals surface area contributed by atoms with Crippen molar-refractivity contribution < 1.29 is 17.7 Å². The third kappa shape index (κ3) is 3.92. The van der Waals surface area contributed by atoms with Gasteiger partial charge in [0.2, 0.25) is 21.7 Å². The van der Waals surface area contributed by atoms with Gasteiger partial charge in [0, 0.05) is 5.56 Å². The van der Waals surface area contributed by atoms with Gasteiger partial charge in [-0.05, 0) is 44.2 Å². The van der Waals surface area contributed by atoms with Crippen molar-refractivity contribution in [1.82, 2.24) is 14.9 Å². The Morgan fingerprint density at radius 3 is 2.54 bits per heavy atom. The van der Waals surface area contributed by atoms with Crippen molar-refractivity contribution >= 4 is 10.0 Å². The molecule has 0 spiro atoms. The first-order valence-electron chi connectivity index (χ1n) is 7.96. The standard InChI is InChI=1S/C18H19N3O4S/c1-12-5-4-6-14(11-12)17-19-18(25-20-17)13(2)21-26(22,23)16-9-7-15(24-3)8-10-16/h4-11,13,21H,1-3H3. The maximum absolute atomic E-state index is 12.5. The second-order valence-corrected chi connectivity index (χ2v) is 7.56. The highest BCUT2D eigenvalue weighted by atomic mass is 32.2. The molecule has 1 atom stereocenters. The number of aromatic nitrogens is 2. The molecule has 0 bridgehead atoms. The Hall–Kier alpha value is -2.71. The minimum atomic E-state index is -3.73. The number of methoxy groups -OCH3 is 1. The van der Waals surface area contributed by atoms with Gasteiger partial charge in [-0.25, -0.2) is 8.42 Å². The van der Waals surface area contributed by atoms with Crippen LogP contribution in [0.2, 0.25) is 0 Å². The van der Waals surface area contributed by atoms with Crippen LogP contribution in [0.5, 0.6) is 5.75 Å². The van der Waals surface area contributed by atoms with Crippen LogP contribution in [0, 0.1) is 6.92 Å². The van der Waals surface area contributed by atoms with E-state index < -0.39 is 16.1 Å². The molecule has 7 nitrogen and oxygen atoms in total. The normalized spacial score (nSPS) is 12.7. The SMILES string of the molecule is COc1ccc(S(=O)(=O)NC(C)c2nc(-c3cccc(C)c3)no2)cc1. The third-order valence-electron chi connectivity index (χ3n) is 3.79. The van der Waals surface area contributed by atoms with Crippen LogP contribution in [0.15, 0.2) is 57.9 Å². The first-order valence-corrected chi connectivity index (χ1v) is 9.44. The smallest absolute Gasteiger partial charge is 0.244 e. The molecule has 0 saturated carbocycles. The number of sulfonamides is 1. The summed E-state index contributed by atoms with van der Waals surface area (Å²) in [6, 6.07) is 13.1. The molecule has 0 amide bonds. The summed E-state index contributed by atoms with van der Waals surface area (Å²) in [6.07, 6.45) is 0. The van der Waals surface area contributed by atoms with Crippen LogP contribution in [-0.4, -0.2) is 25.7 Å². The number of rotatable bonds is 6. The molecule has 3 rings (SSSR count). The fourth-order valence-electron chi connectivity index (χ4n) is 2.42. The Kier molecular flexibility index (Phi) is 5.06. The monoisotopic (exact) mass is 373 g/mol. The van der Waals surface area contributed by atoms with E-state index in [4.69, 9.17) is 9.26 Å². The topological polar surface area (TPSA) is 94.3 Å². The average molecular weight is 373 g/mol. The van der Waals surface area contributed by atoms with Crippen LogP contribution in [0.4, 0.5) is 0 Å². The number of nitrogens with one attached hydrogen (secondary N) is 1. The highest BCUT2D eigenvalue weighted by Crippen LogP contribution is 2.22. The minimum Gasteiger partial charge on any atom is -0.497 e. The predicted octanol–water partition coefficient (Wildman–Crippen LogP) is 3.09. The zero-order chi connectivity index (χ0) is 18.7. The molecule has 2 aromatic carbocycles. The van der Waals surface area contributed by atoms with Crippen molar-refractivity contribution in [3.8, 4) is 17.1 Å². The van der Waals surface area contributed by atoms with E-state index in [1.807, 2.05) is 31.2 Å². The summed E-state index contributed by atoms with van der Waals surface area (Å²) in [5.74, 6) is 1.19. The van der Waals surface area contributed by atoms with Gasteiger partial charge >= 0.3 is 0 Å². The van der Waals surface area contributed by atoms with Crippen LogP contribution in [-0.2, 0) is 10.0 Å². The fraction of sp³-hybridized carbons (Fsp3) is 0.222. The molecule has 136 valence electrons. The van der Waals surface area contributed by atoms with Crippen molar-refractivity contribution in [1.29, 1.82) is 0 Å². The van der Waals surface area contributed by atoms with Crippen LogP contribution in [0.1, 0.15) is 24.4 Å². The number of nitrogens with zero attached hydrogens (tertiary/aromatic N) is 2. The Bertz CT molecular complexity index is 997. The van der Waals surface area contributed by atoms with Gasteiger partial charge in [-0.2, -0.15) is 9.71 Å². The van der Waals surface area contributed by atoms with Crippen LogP contribution in [0.3, 0.4) is 0 Å². The molecule has 8 heteroatoms. The number of ether oxygens (including phenoxy) is 1. The lowest BCUT2D eigenvalue weighted by Crippen LogP contribution is -2.27. The molecular weight excluding hydrogens is 354 g/mol. The second kappa shape index (κ2) is 7.27. The summed E-state index contributed by atoms with van der Waals surface area (Å²) in [6.45, 7) is 3.62. The quantitative estimate of drug-likeness (QED) is 0.713. The summed E-state index contributed by atoms with van der Waals surface area (Å²) in [5.41, 5.74) is 1.88. The summed E-state index contributed by atoms with van der Waals surface area (Å²) < 4.78 is 37.8. The minimum absolute atomic E-state index is 0.128. The predicted molar refractivity (Wildman–Crippen MR) is 96.2 cm³/mol. The first-order chi connectivity index (χ1) is 12.4. The van der Waals surface area contributed by atoms with Crippen LogP contribution in [0.25, 0.3) is 11.4 Å². The Balaban J connectivity index is 1.78. The van der Waals surface area contributed by atoms with E-state index in [1.54, 1.807) is 19.1 Å². The number of benzene rings is 2. The van der Waals surface area contributed by atoms with Crippen molar-refractivity contribution in [3.63, 3.8) is 0 Å². The second-order valence-electron chi connectivity index (χ2n) is 5.84. The lowest BCUT2D eigenvalue weighted by Gasteiger charge is -2.11. The van der Waals surface area contributed by atoms with Gasteiger partial charge < -0.3 is 9.26 Å². The maximum Gasteiger partial charge on any atom is 0.244 e. The molecular formula is C18H19N3O4S. The molecule has 0 saturated heterocycles. The highest BCUT2D eigenvalue weighted by molar-refractivity contribution is 7.89. The molecule has 0 radical (unpaired) electrons. The molecule has 0 aliphatic rings. The number of hydrogen-bond donors (Lipinski definition) is 1. The summed E-state index contributed by atoms with van der Waals surface area (Å²) in [4.78, 5) is 4.43. The van der Waals surface area contributed by atoms with Crippen molar-refractivity contribution in [2.75, 3.05) is 7.11 Å². The van der Waals surface area contributed by atoms with Gasteiger partial charge in [-0.1, -0.05) is 28.9 Å². The van der Waals surface area contributed by atoms with Gasteiger partial charge in [-0.3, -0.25) is 0 Å². The van der Waals surface area contributed by atoms with E-state index in [9.17, 15) is 8.42 Å². The molecule has 0 fully saturated rings. The summed E-state index contributed by atoms with van der Waals surface area (Å²) in [7, 11) is -2.21. The maximum atomic E-state index is 12.5. The van der Waals surface area contributed by atoms with E-state index in [0.717, 1.165) is 11.1 Å². The molecule has 3 aromatic rings. The van der Waals surface area contributed by atoms with Gasteiger partial charge in [0.1, 0.15) is 5.75 Å². The third-order valence-corrected chi connectivity index (χ3v) is 5.35. The summed E-state index contributed by atoms with van der Waals surface area (Å²) in [5, 5.41) is 3.94. The fourth-order valence-corrected chi connectivity index (χ4v) is 3.62. The Morgan fingerprint density at radius 2 is 1.88 bits per heavy atom. The lowest BCUT2D eigenvalue weighted by atomic mass is 10.1. The van der Waals surface area contributed by atoms with Crippen LogP contribution < -0.4 is 9.46 Å². The largest absolute Gasteiger partial charge is 0.497 e. The van der Waals surface area contributed by atoms with Crippen molar-refractivity contribution in [2.45, 2.75) is 24.8 Å². The first kappa shape index (κ1) is 18.1. The zero-order valence-corrected chi connectivity index (χ0v) is 15.4. The molecule has 0 aliphatic carbocycles. The van der Waals surface area contributed by atoms with E-state index in [2.05, 4.69) is 14.9 Å². The molecule has 0 aliphatic heterocycles. The average Bonchev–Trinajstić information content (AvgIpc) is 3.12. The number of aryl methyl sites for hydroxylation is 1. The van der Waals surface area contributed by atoms with Crippen molar-refractivity contribution in [3.05, 3.63) is 60.0 Å². The van der Waals surface area contributed by atoms with Crippen molar-refractivity contribution in [2.24, 2.45) is 0 Å². The summed E-state index contributed by atoms with van der Waals surface area (Å²) >= 11 is 0.